The number of carbonyl (C=O) groups excluding carboxylic acids is 2. The van der Waals surface area contributed by atoms with E-state index in [0.717, 1.165) is 77.5 Å². The van der Waals surface area contributed by atoms with Crippen molar-refractivity contribution in [1.29, 1.82) is 0 Å². The van der Waals surface area contributed by atoms with Crippen molar-refractivity contribution in [1.82, 2.24) is 9.80 Å². The molecule has 0 radical (unpaired) electrons. The average Bonchev–Trinajstić information content (AvgIpc) is 2.83. The summed E-state index contributed by atoms with van der Waals surface area (Å²) in [6, 6.07) is 8.83. The van der Waals surface area contributed by atoms with Gasteiger partial charge in [-0.15, -0.1) is 0 Å². The van der Waals surface area contributed by atoms with Crippen LogP contribution in [0.5, 0.6) is 0 Å². The minimum atomic E-state index is -0.121. The molecule has 2 heterocycles. The normalized spacial score (nSPS) is 31.6. The van der Waals surface area contributed by atoms with Crippen LogP contribution in [-0.2, 0) is 16.0 Å². The lowest BCUT2D eigenvalue weighted by atomic mass is 9.59. The molecule has 5 rings (SSSR count). The van der Waals surface area contributed by atoms with Crippen molar-refractivity contribution in [3.63, 3.8) is 0 Å². The van der Waals surface area contributed by atoms with Gasteiger partial charge in [-0.1, -0.05) is 24.3 Å². The summed E-state index contributed by atoms with van der Waals surface area (Å²) >= 11 is 0. The maximum absolute atomic E-state index is 13.9. The minimum absolute atomic E-state index is 0.107. The molecule has 4 atom stereocenters. The van der Waals surface area contributed by atoms with Crippen LogP contribution in [0.3, 0.4) is 0 Å². The van der Waals surface area contributed by atoms with E-state index in [2.05, 4.69) is 34.1 Å². The van der Waals surface area contributed by atoms with E-state index in [-0.39, 0.29) is 17.7 Å². The van der Waals surface area contributed by atoms with Gasteiger partial charge in [-0.05, 0) is 87.2 Å². The van der Waals surface area contributed by atoms with Gasteiger partial charge in [0.2, 0.25) is 11.8 Å². The van der Waals surface area contributed by atoms with Gasteiger partial charge in [-0.2, -0.15) is 0 Å². The van der Waals surface area contributed by atoms with E-state index in [1.807, 2.05) is 0 Å². The summed E-state index contributed by atoms with van der Waals surface area (Å²) in [5.74, 6) is 1.11. The van der Waals surface area contributed by atoms with Gasteiger partial charge < -0.3 is 9.80 Å². The van der Waals surface area contributed by atoms with Crippen molar-refractivity contribution in [2.24, 2.45) is 17.8 Å². The van der Waals surface area contributed by atoms with Crippen molar-refractivity contribution in [2.75, 3.05) is 26.2 Å². The highest BCUT2D eigenvalue weighted by Crippen LogP contribution is 2.51. The number of likely N-dealkylation sites (tertiary alicyclic amines) is 2. The standard InChI is InChI=1S/C26H36N2O2/c29-25(27-15-5-1-6-16-27)23-14-13-21-20-10-4-3-9-19(20)11-12-22(21)24(23)26(30)28-17-7-2-8-18-28/h3-4,9-10,21-24H,1-2,5-8,11-18H2/t21-,22-,23-,24+/m0/s1. The molecule has 3 fully saturated rings. The number of amides is 2. The van der Waals surface area contributed by atoms with E-state index in [4.69, 9.17) is 0 Å². The van der Waals surface area contributed by atoms with Crippen molar-refractivity contribution >= 4 is 11.8 Å². The van der Waals surface area contributed by atoms with Crippen LogP contribution in [-0.4, -0.2) is 47.8 Å². The first-order valence-corrected chi connectivity index (χ1v) is 12.4. The molecule has 0 N–H and O–H groups in total. The van der Waals surface area contributed by atoms with Gasteiger partial charge in [0.25, 0.3) is 0 Å². The van der Waals surface area contributed by atoms with Crippen LogP contribution >= 0.6 is 0 Å². The number of benzene rings is 1. The number of fused-ring (bicyclic) bond motifs is 3. The van der Waals surface area contributed by atoms with Crippen LogP contribution in [0.1, 0.15) is 74.8 Å². The molecule has 2 saturated heterocycles. The van der Waals surface area contributed by atoms with Crippen LogP contribution in [0.4, 0.5) is 0 Å². The molecule has 0 aromatic heterocycles. The second-order valence-electron chi connectivity index (χ2n) is 9.99. The Morgan fingerprint density at radius 3 is 2.07 bits per heavy atom. The van der Waals surface area contributed by atoms with Crippen molar-refractivity contribution in [2.45, 2.75) is 70.1 Å². The molecule has 2 aliphatic carbocycles. The second-order valence-corrected chi connectivity index (χ2v) is 9.99. The Morgan fingerprint density at radius 2 is 1.37 bits per heavy atom. The fourth-order valence-corrected chi connectivity index (χ4v) is 6.82. The predicted molar refractivity (Wildman–Crippen MR) is 118 cm³/mol. The van der Waals surface area contributed by atoms with Crippen molar-refractivity contribution in [3.05, 3.63) is 35.4 Å². The molecular weight excluding hydrogens is 372 g/mol. The number of aryl methyl sites for hydroxylation is 1. The summed E-state index contributed by atoms with van der Waals surface area (Å²) < 4.78 is 0. The van der Waals surface area contributed by atoms with Crippen molar-refractivity contribution in [3.8, 4) is 0 Å². The Labute approximate surface area is 181 Å². The highest BCUT2D eigenvalue weighted by atomic mass is 16.2. The van der Waals surface area contributed by atoms with Gasteiger partial charge >= 0.3 is 0 Å². The summed E-state index contributed by atoms with van der Waals surface area (Å²) in [5, 5.41) is 0. The van der Waals surface area contributed by atoms with Gasteiger partial charge in [0.15, 0.2) is 0 Å². The van der Waals surface area contributed by atoms with Gasteiger partial charge in [0, 0.05) is 26.2 Å². The fraction of sp³-hybridized carbons (Fsp3) is 0.692. The number of nitrogens with zero attached hydrogens (tertiary/aromatic N) is 2. The Kier molecular flexibility index (Phi) is 5.84. The number of hydrogen-bond donors (Lipinski definition) is 0. The number of piperidine rings is 2. The summed E-state index contributed by atoms with van der Waals surface area (Å²) in [4.78, 5) is 31.7. The van der Waals surface area contributed by atoms with Gasteiger partial charge in [-0.25, -0.2) is 0 Å². The fourth-order valence-electron chi connectivity index (χ4n) is 6.82. The lowest BCUT2D eigenvalue weighted by Gasteiger charge is -2.47. The van der Waals surface area contributed by atoms with E-state index in [1.54, 1.807) is 0 Å². The molecule has 1 aromatic carbocycles. The molecule has 30 heavy (non-hydrogen) atoms. The molecule has 2 amide bonds. The maximum Gasteiger partial charge on any atom is 0.226 e. The van der Waals surface area contributed by atoms with Crippen LogP contribution < -0.4 is 0 Å². The SMILES string of the molecule is O=C([C@@H]1[C@H]2CCc3ccccc3[C@@H]2CC[C@@H]1C(=O)N1CCCCC1)N1CCCCC1. The number of hydrogen-bond acceptors (Lipinski definition) is 2. The smallest absolute Gasteiger partial charge is 0.226 e. The minimum Gasteiger partial charge on any atom is -0.342 e. The Bertz CT molecular complexity index is 779. The molecule has 0 unspecified atom stereocenters. The maximum atomic E-state index is 13.9. The zero-order valence-corrected chi connectivity index (χ0v) is 18.2. The summed E-state index contributed by atoms with van der Waals surface area (Å²) in [6.45, 7) is 3.54. The Hall–Kier alpha value is -1.84. The topological polar surface area (TPSA) is 40.6 Å². The first-order valence-electron chi connectivity index (χ1n) is 12.4. The molecule has 1 aromatic rings. The molecule has 4 nitrogen and oxygen atoms in total. The zero-order chi connectivity index (χ0) is 20.5. The third-order valence-electron chi connectivity index (χ3n) is 8.34. The van der Waals surface area contributed by atoms with Crippen LogP contribution in [0.2, 0.25) is 0 Å². The van der Waals surface area contributed by atoms with Gasteiger partial charge in [0.1, 0.15) is 0 Å². The lowest BCUT2D eigenvalue weighted by Crippen LogP contribution is -2.53. The molecule has 0 bridgehead atoms. The third kappa shape index (κ3) is 3.67. The monoisotopic (exact) mass is 408 g/mol. The molecule has 4 aliphatic rings. The van der Waals surface area contributed by atoms with E-state index in [9.17, 15) is 9.59 Å². The number of carbonyl (C=O) groups is 2. The summed E-state index contributed by atoms with van der Waals surface area (Å²) in [5.41, 5.74) is 2.91. The van der Waals surface area contributed by atoms with Gasteiger partial charge in [0.05, 0.1) is 11.8 Å². The highest BCUT2D eigenvalue weighted by Gasteiger charge is 2.50. The predicted octanol–water partition coefficient (Wildman–Crippen LogP) is 4.38. The Morgan fingerprint density at radius 1 is 0.733 bits per heavy atom. The largest absolute Gasteiger partial charge is 0.342 e. The summed E-state index contributed by atoms with van der Waals surface area (Å²) in [7, 11) is 0. The molecule has 0 spiro atoms. The number of rotatable bonds is 2. The first kappa shape index (κ1) is 20.1. The average molecular weight is 409 g/mol. The molecule has 2 aliphatic heterocycles. The van der Waals surface area contributed by atoms with E-state index >= 15 is 0 Å². The Balaban J connectivity index is 1.45. The quantitative estimate of drug-likeness (QED) is 0.728. The molecule has 4 heteroatoms. The highest BCUT2D eigenvalue weighted by molar-refractivity contribution is 5.88. The van der Waals surface area contributed by atoms with Crippen LogP contribution in [0.25, 0.3) is 0 Å². The van der Waals surface area contributed by atoms with Crippen molar-refractivity contribution < 1.29 is 9.59 Å². The molecular formula is C26H36N2O2. The molecule has 162 valence electrons. The third-order valence-corrected chi connectivity index (χ3v) is 8.34. The van der Waals surface area contributed by atoms with Crippen LogP contribution in [0.15, 0.2) is 24.3 Å². The summed E-state index contributed by atoms with van der Waals surface area (Å²) in [6.07, 6.45) is 10.9. The van der Waals surface area contributed by atoms with E-state index in [0.29, 0.717) is 17.7 Å². The second kappa shape index (κ2) is 8.72. The molecule has 1 saturated carbocycles. The zero-order valence-electron chi connectivity index (χ0n) is 18.2. The van der Waals surface area contributed by atoms with Gasteiger partial charge in [-0.3, -0.25) is 9.59 Å². The first-order chi connectivity index (χ1) is 14.7. The lowest BCUT2D eigenvalue weighted by molar-refractivity contribution is -0.153. The van der Waals surface area contributed by atoms with E-state index < -0.39 is 0 Å². The van der Waals surface area contributed by atoms with Crippen LogP contribution in [0, 0.1) is 17.8 Å². The van der Waals surface area contributed by atoms with E-state index in [1.165, 1.54) is 24.0 Å².